The summed E-state index contributed by atoms with van der Waals surface area (Å²) in [6.07, 6.45) is 3.00. The number of benzene rings is 2. The van der Waals surface area contributed by atoms with Crippen LogP contribution in [-0.4, -0.2) is 14.3 Å². The molecule has 0 saturated heterocycles. The first kappa shape index (κ1) is 16.7. The number of sulfone groups is 1. The average Bonchev–Trinajstić information content (AvgIpc) is 2.87. The Balaban J connectivity index is 1.86. The second-order valence-corrected chi connectivity index (χ2v) is 7.44. The third kappa shape index (κ3) is 3.52. The number of carbonyl (C=O) groups excluding carboxylic acids is 1. The van der Waals surface area contributed by atoms with E-state index in [0.29, 0.717) is 11.3 Å². The van der Waals surface area contributed by atoms with E-state index >= 15 is 0 Å². The first-order valence-corrected chi connectivity index (χ1v) is 9.01. The molecule has 1 aliphatic rings. The van der Waals surface area contributed by atoms with Crippen molar-refractivity contribution in [3.63, 3.8) is 0 Å². The molecule has 0 bridgehead atoms. The lowest BCUT2D eigenvalue weighted by molar-refractivity contribution is -0.112. The van der Waals surface area contributed by atoms with Crippen molar-refractivity contribution in [2.75, 3.05) is 5.32 Å². The standard InChI is InChI=1S/C19H14N2O3S/c1-13-3-2-4-14(9-13)10-16(12-20)19(22)21-17-6-5-15-7-8-25(23,24)18(15)11-17/h2-11H,1H3,(H,21,22)/b16-10+. The molecule has 1 N–H and O–H groups in total. The van der Waals surface area contributed by atoms with Gasteiger partial charge in [-0.2, -0.15) is 5.26 Å². The van der Waals surface area contributed by atoms with Gasteiger partial charge in [-0.1, -0.05) is 35.9 Å². The zero-order valence-electron chi connectivity index (χ0n) is 13.4. The number of hydrogen-bond acceptors (Lipinski definition) is 4. The van der Waals surface area contributed by atoms with E-state index in [4.69, 9.17) is 0 Å². The number of anilines is 1. The summed E-state index contributed by atoms with van der Waals surface area (Å²) < 4.78 is 23.8. The summed E-state index contributed by atoms with van der Waals surface area (Å²) in [5, 5.41) is 13.0. The molecule has 124 valence electrons. The molecule has 0 fully saturated rings. The van der Waals surface area contributed by atoms with E-state index in [2.05, 4.69) is 5.32 Å². The molecule has 0 aliphatic carbocycles. The van der Waals surface area contributed by atoms with Gasteiger partial charge in [0.1, 0.15) is 11.6 Å². The quantitative estimate of drug-likeness (QED) is 0.680. The average molecular weight is 350 g/mol. The fourth-order valence-electron chi connectivity index (χ4n) is 2.51. The van der Waals surface area contributed by atoms with Crippen LogP contribution >= 0.6 is 0 Å². The minimum Gasteiger partial charge on any atom is -0.321 e. The summed E-state index contributed by atoms with van der Waals surface area (Å²) >= 11 is 0. The highest BCUT2D eigenvalue weighted by Gasteiger charge is 2.21. The Morgan fingerprint density at radius 1 is 1.20 bits per heavy atom. The SMILES string of the molecule is Cc1cccc(/C=C(\C#N)C(=O)Nc2ccc3c(c2)S(=O)(=O)C=C3)c1. The number of carbonyl (C=O) groups is 1. The van der Waals surface area contributed by atoms with Crippen molar-refractivity contribution in [3.05, 3.63) is 70.1 Å². The van der Waals surface area contributed by atoms with Gasteiger partial charge in [-0.15, -0.1) is 0 Å². The minimum atomic E-state index is -3.45. The van der Waals surface area contributed by atoms with Crippen molar-refractivity contribution < 1.29 is 13.2 Å². The van der Waals surface area contributed by atoms with Crippen LogP contribution in [0.25, 0.3) is 12.2 Å². The van der Waals surface area contributed by atoms with Crippen LogP contribution in [0.5, 0.6) is 0 Å². The molecular weight excluding hydrogens is 336 g/mol. The maximum Gasteiger partial charge on any atom is 0.266 e. The normalized spacial score (nSPS) is 14.6. The molecule has 2 aromatic carbocycles. The topological polar surface area (TPSA) is 87.0 Å². The second kappa shape index (κ2) is 6.38. The third-order valence-electron chi connectivity index (χ3n) is 3.72. The molecular formula is C19H14N2O3S. The predicted octanol–water partition coefficient (Wildman–Crippen LogP) is 3.30. The van der Waals surface area contributed by atoms with Crippen LogP contribution < -0.4 is 5.32 Å². The van der Waals surface area contributed by atoms with Crippen LogP contribution in [0.4, 0.5) is 5.69 Å². The van der Waals surface area contributed by atoms with Crippen LogP contribution in [0.15, 0.2) is 58.3 Å². The molecule has 5 nitrogen and oxygen atoms in total. The molecule has 0 saturated carbocycles. The van der Waals surface area contributed by atoms with Crippen LogP contribution in [0, 0.1) is 18.3 Å². The van der Waals surface area contributed by atoms with E-state index in [1.54, 1.807) is 18.2 Å². The van der Waals surface area contributed by atoms with E-state index in [9.17, 15) is 18.5 Å². The predicted molar refractivity (Wildman–Crippen MR) is 96.1 cm³/mol. The number of rotatable bonds is 3. The summed E-state index contributed by atoms with van der Waals surface area (Å²) in [6.45, 7) is 1.92. The Morgan fingerprint density at radius 2 is 2.00 bits per heavy atom. The van der Waals surface area contributed by atoms with Gasteiger partial charge in [0, 0.05) is 11.1 Å². The molecule has 0 radical (unpaired) electrons. The molecule has 3 rings (SSSR count). The van der Waals surface area contributed by atoms with Crippen molar-refractivity contribution in [3.8, 4) is 6.07 Å². The lowest BCUT2D eigenvalue weighted by Gasteiger charge is -2.07. The number of nitrogens with one attached hydrogen (secondary N) is 1. The Morgan fingerprint density at radius 3 is 2.72 bits per heavy atom. The highest BCUT2D eigenvalue weighted by molar-refractivity contribution is 7.94. The molecule has 6 heteroatoms. The van der Waals surface area contributed by atoms with Gasteiger partial charge in [0.05, 0.1) is 4.90 Å². The second-order valence-electron chi connectivity index (χ2n) is 5.64. The molecule has 0 unspecified atom stereocenters. The molecule has 1 aliphatic heterocycles. The Hall–Kier alpha value is -3.17. The van der Waals surface area contributed by atoms with Crippen LogP contribution in [0.2, 0.25) is 0 Å². The van der Waals surface area contributed by atoms with Crippen molar-refractivity contribution in [1.29, 1.82) is 5.26 Å². The van der Waals surface area contributed by atoms with E-state index in [1.165, 1.54) is 18.2 Å². The van der Waals surface area contributed by atoms with Crippen molar-refractivity contribution >= 4 is 33.6 Å². The highest BCUT2D eigenvalue weighted by Crippen LogP contribution is 2.29. The molecule has 25 heavy (non-hydrogen) atoms. The van der Waals surface area contributed by atoms with E-state index in [-0.39, 0.29) is 10.5 Å². The number of fused-ring (bicyclic) bond motifs is 1. The van der Waals surface area contributed by atoms with Crippen molar-refractivity contribution in [1.82, 2.24) is 0 Å². The smallest absolute Gasteiger partial charge is 0.266 e. The highest BCUT2D eigenvalue weighted by atomic mass is 32.2. The molecule has 0 spiro atoms. The summed E-state index contributed by atoms with van der Waals surface area (Å²) in [6, 6.07) is 13.9. The maximum atomic E-state index is 12.3. The van der Waals surface area contributed by atoms with Gasteiger partial charge in [0.2, 0.25) is 9.84 Å². The first-order chi connectivity index (χ1) is 11.9. The van der Waals surface area contributed by atoms with Gasteiger partial charge in [-0.3, -0.25) is 4.79 Å². The first-order valence-electron chi connectivity index (χ1n) is 7.46. The van der Waals surface area contributed by atoms with Gasteiger partial charge in [-0.25, -0.2) is 8.42 Å². The zero-order chi connectivity index (χ0) is 18.0. The Kier molecular flexibility index (Phi) is 4.26. The van der Waals surface area contributed by atoms with Crippen LogP contribution in [-0.2, 0) is 14.6 Å². The van der Waals surface area contributed by atoms with E-state index < -0.39 is 15.7 Å². The molecule has 1 heterocycles. The summed E-state index contributed by atoms with van der Waals surface area (Å²) in [7, 11) is -3.45. The zero-order valence-corrected chi connectivity index (χ0v) is 14.2. The Bertz CT molecular complexity index is 1070. The van der Waals surface area contributed by atoms with E-state index in [1.807, 2.05) is 31.2 Å². The minimum absolute atomic E-state index is 0.0629. The fraction of sp³-hybridized carbons (Fsp3) is 0.0526. The lowest BCUT2D eigenvalue weighted by atomic mass is 10.1. The maximum absolute atomic E-state index is 12.3. The van der Waals surface area contributed by atoms with Gasteiger partial charge < -0.3 is 5.32 Å². The summed E-state index contributed by atoms with van der Waals surface area (Å²) in [4.78, 5) is 12.5. The molecule has 0 atom stereocenters. The number of hydrogen-bond donors (Lipinski definition) is 1. The Labute approximate surface area is 145 Å². The fourth-order valence-corrected chi connectivity index (χ4v) is 3.73. The third-order valence-corrected chi connectivity index (χ3v) is 5.18. The van der Waals surface area contributed by atoms with Gasteiger partial charge in [-0.05, 0) is 42.3 Å². The van der Waals surface area contributed by atoms with Crippen molar-refractivity contribution in [2.45, 2.75) is 11.8 Å². The van der Waals surface area contributed by atoms with Gasteiger partial charge in [0.25, 0.3) is 5.91 Å². The van der Waals surface area contributed by atoms with Crippen molar-refractivity contribution in [2.24, 2.45) is 0 Å². The number of amides is 1. The molecule has 0 aromatic heterocycles. The molecule has 2 aromatic rings. The largest absolute Gasteiger partial charge is 0.321 e. The van der Waals surface area contributed by atoms with Gasteiger partial charge in [0.15, 0.2) is 0 Å². The van der Waals surface area contributed by atoms with Crippen LogP contribution in [0.1, 0.15) is 16.7 Å². The monoisotopic (exact) mass is 350 g/mol. The van der Waals surface area contributed by atoms with E-state index in [0.717, 1.165) is 16.5 Å². The summed E-state index contributed by atoms with van der Waals surface area (Å²) in [5.74, 6) is -0.590. The summed E-state index contributed by atoms with van der Waals surface area (Å²) in [5.41, 5.74) is 2.59. The number of nitriles is 1. The van der Waals surface area contributed by atoms with Crippen LogP contribution in [0.3, 0.4) is 0 Å². The lowest BCUT2D eigenvalue weighted by Crippen LogP contribution is -2.13. The number of nitrogens with zero attached hydrogens (tertiary/aromatic N) is 1. The number of aryl methyl sites for hydroxylation is 1. The molecule has 1 amide bonds. The van der Waals surface area contributed by atoms with Gasteiger partial charge >= 0.3 is 0 Å².